The van der Waals surface area contributed by atoms with Crippen LogP contribution in [0.1, 0.15) is 24.4 Å². The normalized spacial score (nSPS) is 12.8. The Morgan fingerprint density at radius 3 is 3.00 bits per heavy atom. The molecule has 0 aromatic carbocycles. The van der Waals surface area contributed by atoms with E-state index in [0.29, 0.717) is 6.04 Å². The maximum absolute atomic E-state index is 4.14. The largest absolute Gasteiger partial charge is 0.313 e. The van der Waals surface area contributed by atoms with Crippen molar-refractivity contribution in [3.63, 3.8) is 0 Å². The van der Waals surface area contributed by atoms with Gasteiger partial charge in [-0.3, -0.25) is 4.68 Å². The van der Waals surface area contributed by atoms with Crippen LogP contribution in [-0.2, 0) is 7.05 Å². The molecular weight excluding hydrogens is 162 g/mol. The minimum atomic E-state index is 0.395. The lowest BCUT2D eigenvalue weighted by Gasteiger charge is -2.12. The molecule has 0 radical (unpaired) electrons. The Kier molecular flexibility index (Phi) is 3.71. The van der Waals surface area contributed by atoms with E-state index in [0.717, 1.165) is 12.8 Å². The second-order valence-electron chi connectivity index (χ2n) is 3.15. The van der Waals surface area contributed by atoms with E-state index in [1.807, 2.05) is 37.2 Å². The van der Waals surface area contributed by atoms with Crippen LogP contribution in [0.4, 0.5) is 0 Å². The van der Waals surface area contributed by atoms with Gasteiger partial charge in [-0.15, -0.1) is 6.58 Å². The summed E-state index contributed by atoms with van der Waals surface area (Å²) in [7, 11) is 3.91. The quantitative estimate of drug-likeness (QED) is 0.696. The lowest BCUT2D eigenvalue weighted by molar-refractivity contribution is 0.554. The molecule has 0 aliphatic heterocycles. The minimum absolute atomic E-state index is 0.395. The number of hydrogen-bond acceptors (Lipinski definition) is 2. The Morgan fingerprint density at radius 1 is 1.77 bits per heavy atom. The highest BCUT2D eigenvalue weighted by Gasteiger charge is 2.09. The highest BCUT2D eigenvalue weighted by Crippen LogP contribution is 2.16. The highest BCUT2D eigenvalue weighted by atomic mass is 15.2. The molecule has 3 heteroatoms. The van der Waals surface area contributed by atoms with Gasteiger partial charge in [-0.2, -0.15) is 5.10 Å². The van der Waals surface area contributed by atoms with E-state index in [2.05, 4.69) is 17.0 Å². The summed E-state index contributed by atoms with van der Waals surface area (Å²) in [5.74, 6) is 0. The third kappa shape index (κ3) is 2.70. The summed E-state index contributed by atoms with van der Waals surface area (Å²) in [5.41, 5.74) is 1.24. The Balaban J connectivity index is 2.60. The molecule has 0 bridgehead atoms. The smallest absolute Gasteiger partial charge is 0.0537 e. The Hall–Kier alpha value is -1.09. The first kappa shape index (κ1) is 9.99. The van der Waals surface area contributed by atoms with Gasteiger partial charge in [0.15, 0.2) is 0 Å². The number of nitrogens with one attached hydrogen (secondary N) is 1. The predicted octanol–water partition coefficient (Wildman–Crippen LogP) is 1.65. The lowest BCUT2D eigenvalue weighted by atomic mass is 10.1. The molecule has 0 saturated heterocycles. The number of allylic oxidation sites excluding steroid dienone is 1. The molecule has 0 aliphatic rings. The SMILES string of the molecule is C=CCCC(NC)c1cnn(C)c1. The van der Waals surface area contributed by atoms with Gasteiger partial charge in [-0.05, 0) is 19.9 Å². The molecule has 72 valence electrons. The molecule has 0 saturated carbocycles. The molecule has 0 amide bonds. The van der Waals surface area contributed by atoms with Crippen LogP contribution in [-0.4, -0.2) is 16.8 Å². The van der Waals surface area contributed by atoms with Crippen LogP contribution in [0.25, 0.3) is 0 Å². The standard InChI is InChI=1S/C10H17N3/c1-4-5-6-10(11-2)9-7-12-13(3)8-9/h4,7-8,10-11H,1,5-6H2,2-3H3. The van der Waals surface area contributed by atoms with Gasteiger partial charge < -0.3 is 5.32 Å². The van der Waals surface area contributed by atoms with Gasteiger partial charge in [0.2, 0.25) is 0 Å². The summed E-state index contributed by atoms with van der Waals surface area (Å²) in [6.07, 6.45) is 8.00. The summed E-state index contributed by atoms with van der Waals surface area (Å²) in [6, 6.07) is 0.395. The van der Waals surface area contributed by atoms with Crippen LogP contribution in [0.5, 0.6) is 0 Å². The van der Waals surface area contributed by atoms with Gasteiger partial charge in [0.1, 0.15) is 0 Å². The van der Waals surface area contributed by atoms with Crippen LogP contribution < -0.4 is 5.32 Å². The molecule has 0 aliphatic carbocycles. The van der Waals surface area contributed by atoms with Crippen molar-refractivity contribution in [2.75, 3.05) is 7.05 Å². The van der Waals surface area contributed by atoms with E-state index in [1.54, 1.807) is 0 Å². The summed E-state index contributed by atoms with van der Waals surface area (Å²) >= 11 is 0. The zero-order chi connectivity index (χ0) is 9.68. The van der Waals surface area contributed by atoms with Gasteiger partial charge in [0, 0.05) is 24.8 Å². The summed E-state index contributed by atoms with van der Waals surface area (Å²) in [6.45, 7) is 3.72. The fourth-order valence-corrected chi connectivity index (χ4v) is 1.38. The van der Waals surface area contributed by atoms with Gasteiger partial charge in [-0.25, -0.2) is 0 Å². The first-order valence-corrected chi connectivity index (χ1v) is 4.54. The fourth-order valence-electron chi connectivity index (χ4n) is 1.38. The van der Waals surface area contributed by atoms with E-state index in [9.17, 15) is 0 Å². The third-order valence-electron chi connectivity index (χ3n) is 2.14. The van der Waals surface area contributed by atoms with E-state index >= 15 is 0 Å². The maximum atomic E-state index is 4.14. The topological polar surface area (TPSA) is 29.9 Å². The molecule has 1 unspecified atom stereocenters. The molecule has 1 aromatic rings. The average Bonchev–Trinajstić information content (AvgIpc) is 2.54. The molecule has 1 heterocycles. The van der Waals surface area contributed by atoms with Crippen LogP contribution in [0.3, 0.4) is 0 Å². The molecule has 3 nitrogen and oxygen atoms in total. The van der Waals surface area contributed by atoms with E-state index in [-0.39, 0.29) is 0 Å². The number of aryl methyl sites for hydroxylation is 1. The van der Waals surface area contributed by atoms with Gasteiger partial charge >= 0.3 is 0 Å². The van der Waals surface area contributed by atoms with Crippen LogP contribution in [0.15, 0.2) is 25.0 Å². The van der Waals surface area contributed by atoms with Crippen molar-refractivity contribution >= 4 is 0 Å². The summed E-state index contributed by atoms with van der Waals surface area (Å²) < 4.78 is 1.83. The van der Waals surface area contributed by atoms with E-state index in [1.165, 1.54) is 5.56 Å². The van der Waals surface area contributed by atoms with Crippen molar-refractivity contribution in [1.82, 2.24) is 15.1 Å². The first-order chi connectivity index (χ1) is 6.27. The van der Waals surface area contributed by atoms with Crippen LogP contribution in [0.2, 0.25) is 0 Å². The van der Waals surface area contributed by atoms with Crippen molar-refractivity contribution < 1.29 is 0 Å². The van der Waals surface area contributed by atoms with Crippen molar-refractivity contribution in [2.24, 2.45) is 7.05 Å². The molecule has 1 atom stereocenters. The van der Waals surface area contributed by atoms with Gasteiger partial charge in [0.25, 0.3) is 0 Å². The lowest BCUT2D eigenvalue weighted by Crippen LogP contribution is -2.15. The number of aromatic nitrogens is 2. The maximum Gasteiger partial charge on any atom is 0.0537 e. The van der Waals surface area contributed by atoms with Crippen LogP contribution in [0, 0.1) is 0 Å². The number of hydrogen-bond donors (Lipinski definition) is 1. The average molecular weight is 179 g/mol. The predicted molar refractivity (Wildman–Crippen MR) is 54.4 cm³/mol. The minimum Gasteiger partial charge on any atom is -0.313 e. The van der Waals surface area contributed by atoms with Crippen LogP contribution >= 0.6 is 0 Å². The van der Waals surface area contributed by atoms with Gasteiger partial charge in [-0.1, -0.05) is 6.08 Å². The van der Waals surface area contributed by atoms with Crippen molar-refractivity contribution in [3.05, 3.63) is 30.6 Å². The summed E-state index contributed by atoms with van der Waals surface area (Å²) in [5, 5.41) is 7.41. The molecule has 1 rings (SSSR count). The van der Waals surface area contributed by atoms with E-state index < -0.39 is 0 Å². The number of nitrogens with zero attached hydrogens (tertiary/aromatic N) is 2. The monoisotopic (exact) mass is 179 g/mol. The Bertz CT molecular complexity index is 265. The first-order valence-electron chi connectivity index (χ1n) is 4.54. The number of rotatable bonds is 5. The third-order valence-corrected chi connectivity index (χ3v) is 2.14. The Morgan fingerprint density at radius 2 is 2.54 bits per heavy atom. The summed E-state index contributed by atoms with van der Waals surface area (Å²) in [4.78, 5) is 0. The zero-order valence-corrected chi connectivity index (χ0v) is 8.33. The van der Waals surface area contributed by atoms with Crippen molar-refractivity contribution in [1.29, 1.82) is 0 Å². The second-order valence-corrected chi connectivity index (χ2v) is 3.15. The molecule has 13 heavy (non-hydrogen) atoms. The molecular formula is C10H17N3. The second kappa shape index (κ2) is 4.82. The molecule has 0 spiro atoms. The highest BCUT2D eigenvalue weighted by molar-refractivity contribution is 5.10. The Labute approximate surface area is 79.5 Å². The molecule has 1 aromatic heterocycles. The van der Waals surface area contributed by atoms with Crippen molar-refractivity contribution in [2.45, 2.75) is 18.9 Å². The van der Waals surface area contributed by atoms with E-state index in [4.69, 9.17) is 0 Å². The van der Waals surface area contributed by atoms with Crippen molar-refractivity contribution in [3.8, 4) is 0 Å². The molecule has 1 N–H and O–H groups in total. The fraction of sp³-hybridized carbons (Fsp3) is 0.500. The molecule has 0 fully saturated rings. The van der Waals surface area contributed by atoms with Gasteiger partial charge in [0.05, 0.1) is 6.20 Å². The zero-order valence-electron chi connectivity index (χ0n) is 8.33.